The third-order valence-electron chi connectivity index (χ3n) is 3.34. The molecule has 0 fully saturated rings. The maximum atomic E-state index is 12.6. The summed E-state index contributed by atoms with van der Waals surface area (Å²) in [6, 6.07) is 1.97. The Hall–Kier alpha value is -1.40. The van der Waals surface area contributed by atoms with E-state index in [-0.39, 0.29) is 12.5 Å². The van der Waals surface area contributed by atoms with Gasteiger partial charge in [-0.05, 0) is 54.8 Å². The average Bonchev–Trinajstić information content (AvgIpc) is 2.77. The number of aliphatic hydroxyl groups excluding tert-OH is 1. The lowest BCUT2D eigenvalue weighted by Gasteiger charge is -2.23. The van der Waals surface area contributed by atoms with Gasteiger partial charge in [0.15, 0.2) is 0 Å². The van der Waals surface area contributed by atoms with Crippen molar-refractivity contribution < 1.29 is 9.90 Å². The molecule has 2 N–H and O–H groups in total. The Morgan fingerprint density at radius 3 is 2.76 bits per heavy atom. The fraction of sp³-hybridized carbons (Fsp3) is 0.467. The smallest absolute Gasteiger partial charge is 0.270 e. The van der Waals surface area contributed by atoms with Crippen LogP contribution in [-0.4, -0.2) is 32.5 Å². The van der Waals surface area contributed by atoms with Crippen molar-refractivity contribution in [1.82, 2.24) is 14.7 Å². The van der Waals surface area contributed by atoms with E-state index in [4.69, 9.17) is 0 Å². The highest BCUT2D eigenvalue weighted by molar-refractivity contribution is 9.10. The molecular weight excluding hydrogens is 334 g/mol. The van der Waals surface area contributed by atoms with Crippen LogP contribution in [0.1, 0.15) is 42.5 Å². The van der Waals surface area contributed by atoms with Crippen LogP contribution >= 0.6 is 15.9 Å². The molecule has 0 spiro atoms. The Bertz CT molecular complexity index is 692. The lowest BCUT2D eigenvalue weighted by molar-refractivity contribution is 0.0862. The second-order valence-corrected chi connectivity index (χ2v) is 6.71. The van der Waals surface area contributed by atoms with Crippen molar-refractivity contribution in [2.75, 3.05) is 6.61 Å². The second kappa shape index (κ2) is 5.77. The molecule has 21 heavy (non-hydrogen) atoms. The molecule has 0 bridgehead atoms. The molecule has 0 radical (unpaired) electrons. The molecule has 0 aliphatic carbocycles. The summed E-state index contributed by atoms with van der Waals surface area (Å²) in [5, 5.41) is 12.2. The minimum Gasteiger partial charge on any atom is -0.394 e. The number of amides is 1. The molecule has 2 aromatic rings. The molecule has 1 amide bonds. The molecule has 0 saturated heterocycles. The molecule has 2 heterocycles. The van der Waals surface area contributed by atoms with E-state index in [9.17, 15) is 9.90 Å². The van der Waals surface area contributed by atoms with Gasteiger partial charge in [0.05, 0.1) is 17.8 Å². The Labute approximate surface area is 132 Å². The number of imidazole rings is 1. The summed E-state index contributed by atoms with van der Waals surface area (Å²) in [6.07, 6.45) is 2.51. The first-order chi connectivity index (χ1) is 9.79. The second-order valence-electron chi connectivity index (χ2n) is 5.79. The number of nitrogens with one attached hydrogen (secondary N) is 1. The Morgan fingerprint density at radius 1 is 1.52 bits per heavy atom. The van der Waals surface area contributed by atoms with Crippen molar-refractivity contribution in [3.8, 4) is 0 Å². The molecule has 114 valence electrons. The highest BCUT2D eigenvalue weighted by atomic mass is 79.9. The monoisotopic (exact) mass is 353 g/mol. The highest BCUT2D eigenvalue weighted by Crippen LogP contribution is 2.21. The zero-order chi connectivity index (χ0) is 15.8. The summed E-state index contributed by atoms with van der Waals surface area (Å²) in [5.41, 5.74) is 2.38. The van der Waals surface area contributed by atoms with E-state index in [1.165, 1.54) is 0 Å². The largest absolute Gasteiger partial charge is 0.394 e. The van der Waals surface area contributed by atoms with Gasteiger partial charge in [-0.25, -0.2) is 4.98 Å². The van der Waals surface area contributed by atoms with E-state index in [1.54, 1.807) is 18.2 Å². The molecule has 6 heteroatoms. The van der Waals surface area contributed by atoms with E-state index >= 15 is 0 Å². The Kier molecular flexibility index (Phi) is 4.39. The van der Waals surface area contributed by atoms with Crippen molar-refractivity contribution in [2.45, 2.75) is 39.7 Å². The van der Waals surface area contributed by atoms with E-state index in [1.807, 2.05) is 26.1 Å². The van der Waals surface area contributed by atoms with Gasteiger partial charge in [-0.15, -0.1) is 0 Å². The summed E-state index contributed by atoms with van der Waals surface area (Å²) in [6.45, 7) is 7.37. The number of aliphatic hydroxyl groups is 1. The Morgan fingerprint density at radius 2 is 2.19 bits per heavy atom. The molecule has 0 saturated carbocycles. The zero-order valence-electron chi connectivity index (χ0n) is 12.7. The van der Waals surface area contributed by atoms with Crippen LogP contribution < -0.4 is 5.32 Å². The van der Waals surface area contributed by atoms with E-state index in [2.05, 4.69) is 26.2 Å². The maximum Gasteiger partial charge on any atom is 0.270 e. The van der Waals surface area contributed by atoms with Gasteiger partial charge in [0.2, 0.25) is 0 Å². The van der Waals surface area contributed by atoms with Gasteiger partial charge in [0, 0.05) is 10.7 Å². The molecular formula is C15H20BrN3O2. The number of halogens is 1. The van der Waals surface area contributed by atoms with Gasteiger partial charge in [-0.1, -0.05) is 6.92 Å². The number of hydrogen-bond donors (Lipinski definition) is 2. The van der Waals surface area contributed by atoms with Crippen LogP contribution in [0.2, 0.25) is 0 Å². The van der Waals surface area contributed by atoms with Crippen LogP contribution in [0, 0.1) is 6.92 Å². The summed E-state index contributed by atoms with van der Waals surface area (Å²) in [5.74, 6) is -0.226. The molecule has 2 rings (SSSR count). The fourth-order valence-corrected chi connectivity index (χ4v) is 2.76. The van der Waals surface area contributed by atoms with Gasteiger partial charge in [-0.2, -0.15) is 0 Å². The molecule has 0 aliphatic rings. The quantitative estimate of drug-likeness (QED) is 0.887. The summed E-state index contributed by atoms with van der Waals surface area (Å²) < 4.78 is 2.70. The number of pyridine rings is 1. The number of aryl methyl sites for hydroxylation is 2. The lowest BCUT2D eigenvalue weighted by Crippen LogP contribution is -2.46. The number of aromatic nitrogens is 2. The van der Waals surface area contributed by atoms with Crippen LogP contribution in [0.5, 0.6) is 0 Å². The van der Waals surface area contributed by atoms with E-state index in [0.29, 0.717) is 12.1 Å². The Balaban J connectivity index is 2.59. The van der Waals surface area contributed by atoms with Crippen molar-refractivity contribution >= 4 is 27.5 Å². The van der Waals surface area contributed by atoms with Gasteiger partial charge in [-0.3, -0.25) is 9.20 Å². The number of carbonyl (C=O) groups is 1. The van der Waals surface area contributed by atoms with Crippen LogP contribution in [0.3, 0.4) is 0 Å². The van der Waals surface area contributed by atoms with Gasteiger partial charge >= 0.3 is 0 Å². The minimum absolute atomic E-state index is 0.125. The van der Waals surface area contributed by atoms with E-state index in [0.717, 1.165) is 21.4 Å². The third-order valence-corrected chi connectivity index (χ3v) is 3.77. The zero-order valence-corrected chi connectivity index (χ0v) is 14.3. The number of nitrogens with zero attached hydrogens (tertiary/aromatic N) is 2. The predicted molar refractivity (Wildman–Crippen MR) is 85.6 cm³/mol. The average molecular weight is 354 g/mol. The first-order valence-electron chi connectivity index (χ1n) is 6.89. The molecule has 0 aromatic carbocycles. The molecule has 5 nitrogen and oxygen atoms in total. The van der Waals surface area contributed by atoms with Gasteiger partial charge in [0.25, 0.3) is 5.91 Å². The first kappa shape index (κ1) is 16.0. The topological polar surface area (TPSA) is 66.6 Å². The highest BCUT2D eigenvalue weighted by Gasteiger charge is 2.25. The van der Waals surface area contributed by atoms with Crippen molar-refractivity contribution in [2.24, 2.45) is 0 Å². The number of carbonyl (C=O) groups excluding carboxylic acids is 1. The van der Waals surface area contributed by atoms with Crippen LogP contribution in [-0.2, 0) is 6.42 Å². The number of rotatable bonds is 4. The SMILES string of the molecule is CCc1nc2c(C)cc(Br)cn2c1C(=O)NC(C)(C)CO. The fourth-order valence-electron chi connectivity index (χ4n) is 2.21. The first-order valence-corrected chi connectivity index (χ1v) is 7.69. The lowest BCUT2D eigenvalue weighted by atomic mass is 10.1. The van der Waals surface area contributed by atoms with Crippen molar-refractivity contribution in [3.63, 3.8) is 0 Å². The molecule has 2 aromatic heterocycles. The summed E-state index contributed by atoms with van der Waals surface area (Å²) in [7, 11) is 0. The minimum atomic E-state index is -0.673. The maximum absolute atomic E-state index is 12.6. The summed E-state index contributed by atoms with van der Waals surface area (Å²) in [4.78, 5) is 17.2. The number of hydrogen-bond acceptors (Lipinski definition) is 3. The van der Waals surface area contributed by atoms with Gasteiger partial charge in [0.1, 0.15) is 11.3 Å². The third kappa shape index (κ3) is 3.11. The normalized spacial score (nSPS) is 11.9. The number of fused-ring (bicyclic) bond motifs is 1. The van der Waals surface area contributed by atoms with Crippen LogP contribution in [0.4, 0.5) is 0 Å². The molecule has 0 atom stereocenters. The van der Waals surface area contributed by atoms with Crippen molar-refractivity contribution in [1.29, 1.82) is 0 Å². The van der Waals surface area contributed by atoms with Crippen molar-refractivity contribution in [3.05, 3.63) is 33.7 Å². The predicted octanol–water partition coefficient (Wildman–Crippen LogP) is 2.47. The van der Waals surface area contributed by atoms with Gasteiger partial charge < -0.3 is 10.4 Å². The summed E-state index contributed by atoms with van der Waals surface area (Å²) >= 11 is 3.45. The molecule has 0 unspecified atom stereocenters. The standard InChI is InChI=1S/C15H20BrN3O2/c1-5-11-12(14(21)18-15(3,4)8-20)19-7-10(16)6-9(2)13(19)17-11/h6-7,20H,5,8H2,1-4H3,(H,18,21). The van der Waals surface area contributed by atoms with Crippen LogP contribution in [0.25, 0.3) is 5.65 Å². The van der Waals surface area contributed by atoms with E-state index < -0.39 is 5.54 Å². The van der Waals surface area contributed by atoms with Crippen LogP contribution in [0.15, 0.2) is 16.7 Å². The molecule has 0 aliphatic heterocycles.